The number of amides is 1. The summed E-state index contributed by atoms with van der Waals surface area (Å²) >= 11 is 0. The number of nitrogens with zero attached hydrogens (tertiary/aromatic N) is 1. The Hall–Kier alpha value is -2.20. The summed E-state index contributed by atoms with van der Waals surface area (Å²) < 4.78 is 13.8. The molecule has 1 heterocycles. The van der Waals surface area contributed by atoms with Crippen LogP contribution in [0.2, 0.25) is 0 Å². The van der Waals surface area contributed by atoms with E-state index in [9.17, 15) is 9.18 Å². The van der Waals surface area contributed by atoms with Crippen LogP contribution in [0.4, 0.5) is 4.39 Å². The minimum atomic E-state index is -0.261. The zero-order chi connectivity index (χ0) is 17.1. The molecule has 0 saturated carbocycles. The van der Waals surface area contributed by atoms with Crippen molar-refractivity contribution in [2.75, 3.05) is 13.1 Å². The van der Waals surface area contributed by atoms with E-state index in [1.54, 1.807) is 18.2 Å². The molecule has 1 unspecified atom stereocenters. The average Bonchev–Trinajstić information content (AvgIpc) is 2.98. The minimum Gasteiger partial charge on any atom is -0.340 e. The van der Waals surface area contributed by atoms with Gasteiger partial charge in [-0.1, -0.05) is 55.5 Å². The molecule has 0 spiro atoms. The van der Waals surface area contributed by atoms with Gasteiger partial charge in [-0.2, -0.15) is 0 Å². The largest absolute Gasteiger partial charge is 0.340 e. The highest BCUT2D eigenvalue weighted by Crippen LogP contribution is 2.28. The monoisotopic (exact) mass is 326 g/mol. The summed E-state index contributed by atoms with van der Waals surface area (Å²) in [5.41, 5.74) is 8.02. The number of rotatable bonds is 4. The number of hydrogen-bond donors (Lipinski definition) is 1. The lowest BCUT2D eigenvalue weighted by molar-refractivity contribution is -0.133. The summed E-state index contributed by atoms with van der Waals surface area (Å²) in [6.45, 7) is 3.04. The Morgan fingerprint density at radius 3 is 2.54 bits per heavy atom. The average molecular weight is 326 g/mol. The van der Waals surface area contributed by atoms with Crippen molar-refractivity contribution in [3.8, 4) is 0 Å². The molecule has 0 bridgehead atoms. The maximum Gasteiger partial charge on any atom is 0.225 e. The van der Waals surface area contributed by atoms with Crippen LogP contribution in [0, 0.1) is 11.7 Å². The Labute approximate surface area is 142 Å². The van der Waals surface area contributed by atoms with Crippen LogP contribution in [-0.4, -0.2) is 29.9 Å². The third-order valence-electron chi connectivity index (χ3n) is 4.81. The van der Waals surface area contributed by atoms with Crippen LogP contribution in [0.15, 0.2) is 54.6 Å². The van der Waals surface area contributed by atoms with Crippen LogP contribution in [0.25, 0.3) is 0 Å². The quantitative estimate of drug-likeness (QED) is 0.939. The number of hydrogen-bond acceptors (Lipinski definition) is 2. The van der Waals surface area contributed by atoms with Crippen LogP contribution in [0.5, 0.6) is 0 Å². The van der Waals surface area contributed by atoms with Gasteiger partial charge in [-0.05, 0) is 23.6 Å². The molecule has 3 nitrogen and oxygen atoms in total. The van der Waals surface area contributed by atoms with Crippen LogP contribution < -0.4 is 5.73 Å². The van der Waals surface area contributed by atoms with Gasteiger partial charge in [0.2, 0.25) is 5.91 Å². The van der Waals surface area contributed by atoms with Crippen LogP contribution in [-0.2, 0) is 11.2 Å². The Kier molecular flexibility index (Phi) is 4.95. The number of carbonyl (C=O) groups is 1. The predicted octanol–water partition coefficient (Wildman–Crippen LogP) is 2.96. The maximum absolute atomic E-state index is 13.8. The lowest BCUT2D eigenvalue weighted by Crippen LogP contribution is -2.36. The van der Waals surface area contributed by atoms with Gasteiger partial charge in [-0.25, -0.2) is 4.39 Å². The lowest BCUT2D eigenvalue weighted by atomic mass is 9.95. The highest BCUT2D eigenvalue weighted by Gasteiger charge is 2.35. The normalized spacial score (nSPS) is 21.7. The highest BCUT2D eigenvalue weighted by molar-refractivity contribution is 5.79. The van der Waals surface area contributed by atoms with Crippen molar-refractivity contribution >= 4 is 5.91 Å². The Bertz CT molecular complexity index is 704. The first-order valence-electron chi connectivity index (χ1n) is 8.39. The Morgan fingerprint density at radius 2 is 1.83 bits per heavy atom. The fourth-order valence-electron chi connectivity index (χ4n) is 3.45. The van der Waals surface area contributed by atoms with E-state index in [-0.39, 0.29) is 29.6 Å². The Morgan fingerprint density at radius 1 is 1.17 bits per heavy atom. The van der Waals surface area contributed by atoms with E-state index in [1.165, 1.54) is 11.6 Å². The molecular weight excluding hydrogens is 303 g/mol. The minimum absolute atomic E-state index is 0.0483. The number of carbonyl (C=O) groups excluding carboxylic acids is 1. The molecule has 0 radical (unpaired) electrons. The first kappa shape index (κ1) is 16.7. The van der Waals surface area contributed by atoms with Gasteiger partial charge in [0, 0.05) is 31.0 Å². The molecule has 3 rings (SSSR count). The molecule has 1 aliphatic rings. The zero-order valence-corrected chi connectivity index (χ0v) is 13.9. The molecule has 2 aromatic rings. The molecule has 0 aromatic heterocycles. The maximum atomic E-state index is 13.8. The fourth-order valence-corrected chi connectivity index (χ4v) is 3.45. The van der Waals surface area contributed by atoms with E-state index in [4.69, 9.17) is 5.73 Å². The topological polar surface area (TPSA) is 46.3 Å². The second kappa shape index (κ2) is 7.14. The standard InChI is InChI=1S/C20H23FN2O/c1-14(11-16-9-5-6-10-18(16)21)20(24)23-12-17(19(22)13-23)15-7-3-2-4-8-15/h2-10,14,17,19H,11-13,22H2,1H3/t14?,17-,19+/m0/s1. The molecule has 2 aromatic carbocycles. The molecule has 1 amide bonds. The third kappa shape index (κ3) is 3.49. The fraction of sp³-hybridized carbons (Fsp3) is 0.350. The summed E-state index contributed by atoms with van der Waals surface area (Å²) in [7, 11) is 0. The predicted molar refractivity (Wildman–Crippen MR) is 93.0 cm³/mol. The number of benzene rings is 2. The van der Waals surface area contributed by atoms with E-state index >= 15 is 0 Å². The summed E-state index contributed by atoms with van der Waals surface area (Å²) in [6, 6.07) is 16.7. The molecule has 4 heteroatoms. The van der Waals surface area contributed by atoms with Crippen molar-refractivity contribution < 1.29 is 9.18 Å². The molecule has 3 atom stereocenters. The molecule has 0 aliphatic carbocycles. The van der Waals surface area contributed by atoms with Crippen LogP contribution in [0.1, 0.15) is 24.0 Å². The molecule has 126 valence electrons. The van der Waals surface area contributed by atoms with Crippen molar-refractivity contribution in [3.63, 3.8) is 0 Å². The molecule has 1 fully saturated rings. The summed E-state index contributed by atoms with van der Waals surface area (Å²) in [6.07, 6.45) is 0.410. The van der Waals surface area contributed by atoms with Crippen LogP contribution in [0.3, 0.4) is 0 Å². The van der Waals surface area contributed by atoms with Gasteiger partial charge in [0.05, 0.1) is 0 Å². The van der Waals surface area contributed by atoms with Crippen molar-refractivity contribution in [1.29, 1.82) is 0 Å². The first-order chi connectivity index (χ1) is 11.6. The SMILES string of the molecule is CC(Cc1ccccc1F)C(=O)N1C[C@@H](N)[C@H](c2ccccc2)C1. The highest BCUT2D eigenvalue weighted by atomic mass is 19.1. The molecule has 2 N–H and O–H groups in total. The van der Waals surface area contributed by atoms with Crippen molar-refractivity contribution in [2.45, 2.75) is 25.3 Å². The van der Waals surface area contributed by atoms with Crippen molar-refractivity contribution in [2.24, 2.45) is 11.7 Å². The Balaban J connectivity index is 1.66. The second-order valence-corrected chi connectivity index (χ2v) is 6.62. The molecule has 1 aliphatic heterocycles. The van der Waals surface area contributed by atoms with E-state index in [2.05, 4.69) is 12.1 Å². The third-order valence-corrected chi connectivity index (χ3v) is 4.81. The van der Waals surface area contributed by atoms with Gasteiger partial charge >= 0.3 is 0 Å². The zero-order valence-electron chi connectivity index (χ0n) is 13.9. The van der Waals surface area contributed by atoms with Gasteiger partial charge in [-0.15, -0.1) is 0 Å². The summed E-state index contributed by atoms with van der Waals surface area (Å²) in [5.74, 6) is -0.302. The van der Waals surface area contributed by atoms with Crippen molar-refractivity contribution in [1.82, 2.24) is 4.90 Å². The van der Waals surface area contributed by atoms with E-state index in [0.717, 1.165) is 0 Å². The molecule has 1 saturated heterocycles. The van der Waals surface area contributed by atoms with Crippen molar-refractivity contribution in [3.05, 3.63) is 71.5 Å². The van der Waals surface area contributed by atoms with E-state index < -0.39 is 0 Å². The summed E-state index contributed by atoms with van der Waals surface area (Å²) in [4.78, 5) is 14.6. The van der Waals surface area contributed by atoms with Gasteiger partial charge in [0.25, 0.3) is 0 Å². The summed E-state index contributed by atoms with van der Waals surface area (Å²) in [5, 5.41) is 0. The van der Waals surface area contributed by atoms with Gasteiger partial charge in [-0.3, -0.25) is 4.79 Å². The lowest BCUT2D eigenvalue weighted by Gasteiger charge is -2.21. The molecular formula is C20H23FN2O. The van der Waals surface area contributed by atoms with E-state index in [0.29, 0.717) is 25.1 Å². The number of nitrogens with two attached hydrogens (primary N) is 1. The smallest absolute Gasteiger partial charge is 0.225 e. The van der Waals surface area contributed by atoms with Gasteiger partial charge in [0.1, 0.15) is 5.82 Å². The van der Waals surface area contributed by atoms with Gasteiger partial charge in [0.15, 0.2) is 0 Å². The van der Waals surface area contributed by atoms with E-state index in [1.807, 2.05) is 30.0 Å². The van der Waals surface area contributed by atoms with Crippen LogP contribution >= 0.6 is 0 Å². The molecule has 24 heavy (non-hydrogen) atoms. The number of likely N-dealkylation sites (tertiary alicyclic amines) is 1. The first-order valence-corrected chi connectivity index (χ1v) is 8.39. The van der Waals surface area contributed by atoms with Gasteiger partial charge < -0.3 is 10.6 Å². The second-order valence-electron chi connectivity index (χ2n) is 6.62. The number of halogens is 1.